The van der Waals surface area contributed by atoms with Gasteiger partial charge in [0.05, 0.1) is 6.61 Å². The van der Waals surface area contributed by atoms with Gasteiger partial charge in [-0.25, -0.2) is 0 Å². The van der Waals surface area contributed by atoms with Crippen molar-refractivity contribution in [2.45, 2.75) is 26.8 Å². The Morgan fingerprint density at radius 3 is 2.95 bits per heavy atom. The Morgan fingerprint density at radius 1 is 1.40 bits per heavy atom. The van der Waals surface area contributed by atoms with E-state index in [2.05, 4.69) is 41.6 Å². The molecule has 2 rings (SSSR count). The summed E-state index contributed by atoms with van der Waals surface area (Å²) in [6.07, 6.45) is 1.11. The summed E-state index contributed by atoms with van der Waals surface area (Å²) in [6.45, 7) is 7.74. The Balaban J connectivity index is 0.00000200. The van der Waals surface area contributed by atoms with Gasteiger partial charge < -0.3 is 15.4 Å². The molecule has 2 N–H and O–H groups in total. The number of ether oxygens (including phenoxy) is 1. The molecule has 0 atom stereocenters. The van der Waals surface area contributed by atoms with Crippen LogP contribution in [0, 0.1) is 5.92 Å². The molecule has 4 nitrogen and oxygen atoms in total. The number of guanidine groups is 1. The Kier molecular flexibility index (Phi) is 7.72. The van der Waals surface area contributed by atoms with E-state index in [9.17, 15) is 0 Å². The second-order valence-corrected chi connectivity index (χ2v) is 5.22. The standard InChI is InChI=1S/C15H23N3O.HI/c1-12(2)11-19-14-6-3-5-13(9-14)10-18-15-16-7-4-8-17-15;/h3,5-6,9,12H,4,7-8,10-11H2,1-2H3,(H2,16,17,18);1H. The van der Waals surface area contributed by atoms with Gasteiger partial charge in [0.2, 0.25) is 0 Å². The number of benzene rings is 1. The summed E-state index contributed by atoms with van der Waals surface area (Å²) in [6, 6.07) is 8.21. The van der Waals surface area contributed by atoms with Crippen molar-refractivity contribution in [3.8, 4) is 5.75 Å². The highest BCUT2D eigenvalue weighted by Gasteiger charge is 2.04. The minimum atomic E-state index is 0. The van der Waals surface area contributed by atoms with Crippen molar-refractivity contribution in [2.75, 3.05) is 19.7 Å². The highest BCUT2D eigenvalue weighted by molar-refractivity contribution is 14.0. The molecule has 1 aliphatic heterocycles. The van der Waals surface area contributed by atoms with Crippen molar-refractivity contribution < 1.29 is 4.74 Å². The molecule has 0 amide bonds. The van der Waals surface area contributed by atoms with Crippen LogP contribution in [0.5, 0.6) is 5.75 Å². The lowest BCUT2D eigenvalue weighted by Crippen LogP contribution is -2.40. The molecule has 0 aliphatic carbocycles. The first-order valence-electron chi connectivity index (χ1n) is 6.98. The van der Waals surface area contributed by atoms with Gasteiger partial charge in [0, 0.05) is 19.6 Å². The van der Waals surface area contributed by atoms with E-state index in [-0.39, 0.29) is 24.0 Å². The van der Waals surface area contributed by atoms with Crippen molar-refractivity contribution >= 4 is 29.9 Å². The van der Waals surface area contributed by atoms with Gasteiger partial charge in [-0.2, -0.15) is 0 Å². The molecule has 1 aromatic rings. The third-order valence-electron chi connectivity index (χ3n) is 2.84. The zero-order chi connectivity index (χ0) is 13.5. The molecule has 0 aromatic heterocycles. The maximum Gasteiger partial charge on any atom is 0.191 e. The second kappa shape index (κ2) is 9.05. The predicted molar refractivity (Wildman–Crippen MR) is 94.0 cm³/mol. The van der Waals surface area contributed by atoms with E-state index in [0.717, 1.165) is 44.4 Å². The summed E-state index contributed by atoms with van der Waals surface area (Å²) < 4.78 is 5.73. The van der Waals surface area contributed by atoms with Gasteiger partial charge in [-0.3, -0.25) is 4.99 Å². The summed E-state index contributed by atoms with van der Waals surface area (Å²) in [5.74, 6) is 2.38. The van der Waals surface area contributed by atoms with Crippen LogP contribution in [0.15, 0.2) is 29.3 Å². The molecule has 20 heavy (non-hydrogen) atoms. The molecule has 0 saturated carbocycles. The van der Waals surface area contributed by atoms with Gasteiger partial charge in [-0.1, -0.05) is 26.0 Å². The molecule has 112 valence electrons. The molecular weight excluding hydrogens is 365 g/mol. The number of hydrogen-bond acceptors (Lipinski definition) is 4. The highest BCUT2D eigenvalue weighted by atomic mass is 127. The lowest BCUT2D eigenvalue weighted by Gasteiger charge is -2.16. The number of aliphatic imine (C=N–C) groups is 1. The van der Waals surface area contributed by atoms with E-state index < -0.39 is 0 Å². The van der Waals surface area contributed by atoms with Crippen LogP contribution in [0.4, 0.5) is 0 Å². The van der Waals surface area contributed by atoms with Gasteiger partial charge in [0.15, 0.2) is 5.96 Å². The number of rotatable bonds is 5. The maximum atomic E-state index is 5.73. The van der Waals surface area contributed by atoms with E-state index in [4.69, 9.17) is 4.74 Å². The minimum Gasteiger partial charge on any atom is -0.493 e. The summed E-state index contributed by atoms with van der Waals surface area (Å²) in [7, 11) is 0. The van der Waals surface area contributed by atoms with Crippen LogP contribution < -0.4 is 15.4 Å². The number of hydrogen-bond donors (Lipinski definition) is 2. The van der Waals surface area contributed by atoms with Crippen LogP contribution in [0.1, 0.15) is 25.8 Å². The van der Waals surface area contributed by atoms with Crippen molar-refractivity contribution in [1.82, 2.24) is 10.6 Å². The highest BCUT2D eigenvalue weighted by Crippen LogP contribution is 2.14. The molecule has 0 fully saturated rings. The van der Waals surface area contributed by atoms with Crippen molar-refractivity contribution in [2.24, 2.45) is 10.9 Å². The third-order valence-corrected chi connectivity index (χ3v) is 2.84. The second-order valence-electron chi connectivity index (χ2n) is 5.22. The first kappa shape index (κ1) is 17.1. The van der Waals surface area contributed by atoms with Crippen molar-refractivity contribution in [1.29, 1.82) is 0 Å². The fraction of sp³-hybridized carbons (Fsp3) is 0.533. The smallest absolute Gasteiger partial charge is 0.191 e. The Hall–Kier alpha value is -0.980. The predicted octanol–water partition coefficient (Wildman–Crippen LogP) is 2.78. The zero-order valence-corrected chi connectivity index (χ0v) is 14.5. The first-order valence-corrected chi connectivity index (χ1v) is 6.98. The normalized spacial score (nSPS) is 14.1. The molecule has 0 bridgehead atoms. The van der Waals surface area contributed by atoms with E-state index in [0.29, 0.717) is 5.92 Å². The largest absolute Gasteiger partial charge is 0.493 e. The molecule has 5 heteroatoms. The molecule has 0 spiro atoms. The van der Waals surface area contributed by atoms with Crippen LogP contribution in [-0.2, 0) is 6.54 Å². The molecule has 1 heterocycles. The van der Waals surface area contributed by atoms with E-state index in [1.807, 2.05) is 12.1 Å². The number of nitrogens with zero attached hydrogens (tertiary/aromatic N) is 1. The van der Waals surface area contributed by atoms with Crippen LogP contribution in [0.2, 0.25) is 0 Å². The quantitative estimate of drug-likeness (QED) is 0.762. The minimum absolute atomic E-state index is 0. The molecule has 1 aliphatic rings. The van der Waals surface area contributed by atoms with Crippen LogP contribution >= 0.6 is 24.0 Å². The topological polar surface area (TPSA) is 45.6 Å². The Labute approximate surface area is 138 Å². The molecule has 1 aromatic carbocycles. The molecule has 0 radical (unpaired) electrons. The monoisotopic (exact) mass is 389 g/mol. The van der Waals surface area contributed by atoms with E-state index in [1.54, 1.807) is 0 Å². The Morgan fingerprint density at radius 2 is 2.25 bits per heavy atom. The maximum absolute atomic E-state index is 5.73. The lowest BCUT2D eigenvalue weighted by atomic mass is 10.2. The first-order chi connectivity index (χ1) is 9.24. The van der Waals surface area contributed by atoms with Crippen LogP contribution in [-0.4, -0.2) is 25.7 Å². The number of halogens is 1. The van der Waals surface area contributed by atoms with E-state index in [1.165, 1.54) is 5.56 Å². The zero-order valence-electron chi connectivity index (χ0n) is 12.2. The lowest BCUT2D eigenvalue weighted by molar-refractivity contribution is 0.271. The average molecular weight is 389 g/mol. The van der Waals surface area contributed by atoms with Crippen molar-refractivity contribution in [3.63, 3.8) is 0 Å². The summed E-state index contributed by atoms with van der Waals surface area (Å²) in [5, 5.41) is 6.56. The molecule has 0 unspecified atom stereocenters. The Bertz CT molecular complexity index is 435. The molecule has 0 saturated heterocycles. The van der Waals surface area contributed by atoms with Gasteiger partial charge in [0.1, 0.15) is 5.75 Å². The van der Waals surface area contributed by atoms with Gasteiger partial charge in [-0.15, -0.1) is 24.0 Å². The van der Waals surface area contributed by atoms with Crippen LogP contribution in [0.3, 0.4) is 0 Å². The van der Waals surface area contributed by atoms with Crippen molar-refractivity contribution in [3.05, 3.63) is 29.8 Å². The fourth-order valence-electron chi connectivity index (χ4n) is 1.84. The summed E-state index contributed by atoms with van der Waals surface area (Å²) in [5.41, 5.74) is 1.20. The summed E-state index contributed by atoms with van der Waals surface area (Å²) >= 11 is 0. The average Bonchev–Trinajstić information content (AvgIpc) is 2.44. The van der Waals surface area contributed by atoms with Gasteiger partial charge in [0.25, 0.3) is 0 Å². The number of nitrogens with one attached hydrogen (secondary N) is 2. The van der Waals surface area contributed by atoms with Gasteiger partial charge >= 0.3 is 0 Å². The summed E-state index contributed by atoms with van der Waals surface area (Å²) in [4.78, 5) is 4.39. The SMILES string of the molecule is CC(C)COc1cccc(CNC2=NCCCN2)c1.I. The van der Waals surface area contributed by atoms with E-state index >= 15 is 0 Å². The van der Waals surface area contributed by atoms with Crippen LogP contribution in [0.25, 0.3) is 0 Å². The molecular formula is C15H24IN3O. The fourth-order valence-corrected chi connectivity index (χ4v) is 1.84. The van der Waals surface area contributed by atoms with Gasteiger partial charge in [-0.05, 0) is 30.0 Å². The third kappa shape index (κ3) is 5.98.